The van der Waals surface area contributed by atoms with E-state index in [4.69, 9.17) is 9.47 Å². The number of hydrogen-bond donors (Lipinski definition) is 1. The van der Waals surface area contributed by atoms with Crippen molar-refractivity contribution in [3.05, 3.63) is 76.8 Å². The van der Waals surface area contributed by atoms with Crippen molar-refractivity contribution in [3.8, 4) is 22.6 Å². The molecule has 0 spiro atoms. The zero-order valence-electron chi connectivity index (χ0n) is 19.7. The quantitative estimate of drug-likeness (QED) is 0.427. The summed E-state index contributed by atoms with van der Waals surface area (Å²) in [5, 5.41) is 9.37. The van der Waals surface area contributed by atoms with Crippen LogP contribution < -0.4 is 10.4 Å². The minimum Gasteiger partial charge on any atom is -0.495 e. The molecule has 1 amide bonds. The van der Waals surface area contributed by atoms with Gasteiger partial charge in [-0.15, -0.1) is 0 Å². The van der Waals surface area contributed by atoms with Crippen molar-refractivity contribution in [3.63, 3.8) is 0 Å². The Kier molecular flexibility index (Phi) is 5.93. The molecule has 1 atom stereocenters. The number of pyridine rings is 1. The molecule has 184 valence electrons. The first-order valence-corrected chi connectivity index (χ1v) is 11.4. The molecule has 2 aromatic heterocycles. The third-order valence-corrected chi connectivity index (χ3v) is 6.49. The molecule has 0 bridgehead atoms. The monoisotopic (exact) mass is 488 g/mol. The Balaban J connectivity index is 1.56. The summed E-state index contributed by atoms with van der Waals surface area (Å²) in [5.41, 5.74) is 3.68. The van der Waals surface area contributed by atoms with Gasteiger partial charge in [0.1, 0.15) is 5.75 Å². The van der Waals surface area contributed by atoms with E-state index in [2.05, 4.69) is 4.98 Å². The Morgan fingerprint density at radius 2 is 1.69 bits per heavy atom. The van der Waals surface area contributed by atoms with Crippen LogP contribution in [-0.4, -0.2) is 63.5 Å². The second kappa shape index (κ2) is 9.21. The number of rotatable bonds is 5. The number of amides is 1. The lowest BCUT2D eigenvalue weighted by Crippen LogP contribution is -2.31. The third-order valence-electron chi connectivity index (χ3n) is 6.49. The summed E-state index contributed by atoms with van der Waals surface area (Å²) >= 11 is 0. The minimum atomic E-state index is -1.00. The summed E-state index contributed by atoms with van der Waals surface area (Å²) in [4.78, 5) is 42.6. The number of methoxy groups -OCH3 is 2. The zero-order chi connectivity index (χ0) is 25.4. The largest absolute Gasteiger partial charge is 0.495 e. The van der Waals surface area contributed by atoms with E-state index >= 15 is 0 Å². The van der Waals surface area contributed by atoms with E-state index in [1.165, 1.54) is 19.1 Å². The number of aromatic nitrogens is 3. The molecule has 36 heavy (non-hydrogen) atoms. The molecule has 2 aromatic carbocycles. The first-order valence-electron chi connectivity index (χ1n) is 11.4. The van der Waals surface area contributed by atoms with Crippen LogP contribution in [0.5, 0.6) is 5.75 Å². The van der Waals surface area contributed by atoms with Crippen molar-refractivity contribution in [1.29, 1.82) is 0 Å². The summed E-state index contributed by atoms with van der Waals surface area (Å²) in [6.45, 7) is 0.585. The lowest BCUT2D eigenvalue weighted by atomic mass is 10.0. The number of nitrogens with zero attached hydrogens (tertiary/aromatic N) is 4. The van der Waals surface area contributed by atoms with E-state index in [0.29, 0.717) is 41.1 Å². The molecule has 10 nitrogen and oxygen atoms in total. The first-order chi connectivity index (χ1) is 17.4. The van der Waals surface area contributed by atoms with Crippen molar-refractivity contribution >= 4 is 23.2 Å². The Bertz CT molecular complexity index is 1500. The Morgan fingerprint density at radius 3 is 2.28 bits per heavy atom. The van der Waals surface area contributed by atoms with E-state index in [1.54, 1.807) is 33.5 Å². The third kappa shape index (κ3) is 3.96. The second-order valence-corrected chi connectivity index (χ2v) is 8.49. The van der Waals surface area contributed by atoms with Crippen LogP contribution in [0, 0.1) is 0 Å². The van der Waals surface area contributed by atoms with Gasteiger partial charge in [-0.05, 0) is 41.8 Å². The molecule has 1 saturated heterocycles. The number of esters is 1. The van der Waals surface area contributed by atoms with Gasteiger partial charge in [0.05, 0.1) is 43.2 Å². The summed E-state index contributed by atoms with van der Waals surface area (Å²) in [5.74, 6) is 0.111. The average Bonchev–Trinajstić information content (AvgIpc) is 3.50. The number of ether oxygens (including phenoxy) is 2. The fraction of sp³-hybridized carbons (Fsp3) is 0.231. The van der Waals surface area contributed by atoms with Crippen LogP contribution in [-0.2, 0) is 4.74 Å². The van der Waals surface area contributed by atoms with Gasteiger partial charge in [-0.1, -0.05) is 24.3 Å². The van der Waals surface area contributed by atoms with Crippen molar-refractivity contribution in [2.75, 3.05) is 27.3 Å². The highest BCUT2D eigenvalue weighted by atomic mass is 16.5. The molecular formula is C26H24N4O6. The molecular weight excluding hydrogens is 464 g/mol. The lowest BCUT2D eigenvalue weighted by molar-refractivity contribution is 0.0600. The van der Waals surface area contributed by atoms with Gasteiger partial charge in [0.2, 0.25) is 0 Å². The van der Waals surface area contributed by atoms with Gasteiger partial charge in [-0.3, -0.25) is 9.13 Å². The van der Waals surface area contributed by atoms with Crippen LogP contribution in [0.4, 0.5) is 4.79 Å². The van der Waals surface area contributed by atoms with Gasteiger partial charge < -0.3 is 19.5 Å². The topological polar surface area (TPSA) is 116 Å². The Morgan fingerprint density at radius 1 is 1.03 bits per heavy atom. The zero-order valence-corrected chi connectivity index (χ0v) is 19.7. The van der Waals surface area contributed by atoms with Crippen molar-refractivity contribution in [1.82, 2.24) is 19.0 Å². The Hall–Kier alpha value is -4.60. The number of carboxylic acid groups (broad SMARTS) is 1. The highest BCUT2D eigenvalue weighted by Crippen LogP contribution is 2.28. The molecule has 10 heteroatoms. The molecule has 1 fully saturated rings. The molecule has 1 N–H and O–H groups in total. The van der Waals surface area contributed by atoms with Crippen LogP contribution >= 0.6 is 0 Å². The maximum Gasteiger partial charge on any atom is 0.407 e. The number of carbonyl (C=O) groups is 2. The van der Waals surface area contributed by atoms with Crippen LogP contribution in [0.1, 0.15) is 22.8 Å². The average molecular weight is 489 g/mol. The van der Waals surface area contributed by atoms with Gasteiger partial charge in [-0.2, -0.15) is 0 Å². The molecule has 0 saturated carbocycles. The maximum absolute atomic E-state index is 13.7. The van der Waals surface area contributed by atoms with Gasteiger partial charge in [0.25, 0.3) is 0 Å². The van der Waals surface area contributed by atoms with Crippen molar-refractivity contribution in [2.24, 2.45) is 0 Å². The van der Waals surface area contributed by atoms with Crippen LogP contribution in [0.3, 0.4) is 0 Å². The molecule has 0 unspecified atom stereocenters. The number of likely N-dealkylation sites (tertiary alicyclic amines) is 1. The van der Waals surface area contributed by atoms with E-state index in [-0.39, 0.29) is 18.3 Å². The fourth-order valence-corrected chi connectivity index (χ4v) is 4.62. The fourth-order valence-electron chi connectivity index (χ4n) is 4.62. The van der Waals surface area contributed by atoms with E-state index in [9.17, 15) is 19.5 Å². The van der Waals surface area contributed by atoms with E-state index in [0.717, 1.165) is 11.1 Å². The minimum absolute atomic E-state index is 0.225. The predicted octanol–water partition coefficient (Wildman–Crippen LogP) is 3.57. The summed E-state index contributed by atoms with van der Waals surface area (Å²) in [6, 6.07) is 16.0. The lowest BCUT2D eigenvalue weighted by Gasteiger charge is -2.13. The van der Waals surface area contributed by atoms with Gasteiger partial charge in [0.15, 0.2) is 5.65 Å². The van der Waals surface area contributed by atoms with Crippen LogP contribution in [0.15, 0.2) is 65.6 Å². The molecule has 5 rings (SSSR count). The highest BCUT2D eigenvalue weighted by molar-refractivity contribution is 5.90. The smallest absolute Gasteiger partial charge is 0.407 e. The molecule has 4 aromatic rings. The highest BCUT2D eigenvalue weighted by Gasteiger charge is 2.31. The number of imidazole rings is 1. The number of benzene rings is 2. The predicted molar refractivity (Wildman–Crippen MR) is 132 cm³/mol. The molecule has 1 aliphatic heterocycles. The van der Waals surface area contributed by atoms with Gasteiger partial charge in [0, 0.05) is 19.2 Å². The first kappa shape index (κ1) is 23.2. The maximum atomic E-state index is 13.7. The summed E-state index contributed by atoms with van der Waals surface area (Å²) in [7, 11) is 2.87. The van der Waals surface area contributed by atoms with Crippen molar-refractivity contribution in [2.45, 2.75) is 12.5 Å². The van der Waals surface area contributed by atoms with E-state index < -0.39 is 12.1 Å². The molecule has 0 aliphatic carbocycles. The Labute approximate surface area is 205 Å². The number of hydrogen-bond acceptors (Lipinski definition) is 6. The van der Waals surface area contributed by atoms with Crippen LogP contribution in [0.2, 0.25) is 0 Å². The number of carbonyl (C=O) groups excluding carboxylic acids is 1. The molecule has 3 heterocycles. The van der Waals surface area contributed by atoms with Gasteiger partial charge >= 0.3 is 17.8 Å². The summed E-state index contributed by atoms with van der Waals surface area (Å²) in [6.07, 6.45) is 1.08. The molecule has 1 aliphatic rings. The normalized spacial score (nSPS) is 15.3. The summed E-state index contributed by atoms with van der Waals surface area (Å²) < 4.78 is 13.2. The standard InChI is InChI=1S/C26H24N4O6/c1-35-21-13-22-23(27-14-21)30(20-11-12-28(15-20)26(33)34)25(32)29(22)19-9-7-17(8-10-19)16-3-5-18(6-4-16)24(31)36-2/h3-10,13-14,20H,11-12,15H2,1-2H3,(H,33,34)/t20-/m0/s1. The number of fused-ring (bicyclic) bond motifs is 1. The molecule has 0 radical (unpaired) electrons. The van der Waals surface area contributed by atoms with Crippen LogP contribution in [0.25, 0.3) is 28.0 Å². The van der Waals surface area contributed by atoms with E-state index in [1.807, 2.05) is 36.4 Å². The SMILES string of the molecule is COC(=O)c1ccc(-c2ccc(-n3c(=O)n([C@H]4CCN(C(=O)O)C4)c4ncc(OC)cc43)cc2)cc1. The second-order valence-electron chi connectivity index (χ2n) is 8.49. The van der Waals surface area contributed by atoms with Crippen molar-refractivity contribution < 1.29 is 24.2 Å². The van der Waals surface area contributed by atoms with Gasteiger partial charge in [-0.25, -0.2) is 19.4 Å².